The number of carbonyl (C=O) groups excluding carboxylic acids is 1. The molecule has 0 aliphatic carbocycles. The van der Waals surface area contributed by atoms with Crippen molar-refractivity contribution >= 4 is 5.91 Å². The third-order valence-corrected chi connectivity index (χ3v) is 2.46. The van der Waals surface area contributed by atoms with Gasteiger partial charge in [0.2, 0.25) is 5.91 Å². The zero-order valence-corrected chi connectivity index (χ0v) is 11.4. The monoisotopic (exact) mass is 253 g/mol. The van der Waals surface area contributed by atoms with Gasteiger partial charge in [-0.15, -0.1) is 5.10 Å². The Kier molecular flexibility index (Phi) is 5.27. The Bertz CT molecular complexity index is 355. The second-order valence-corrected chi connectivity index (χ2v) is 5.75. The largest absolute Gasteiger partial charge is 0.354 e. The molecule has 1 aromatic heterocycles. The predicted molar refractivity (Wildman–Crippen MR) is 69.7 cm³/mol. The second kappa shape index (κ2) is 6.49. The Morgan fingerprint density at radius 2 is 2.22 bits per heavy atom. The molecule has 0 saturated heterocycles. The van der Waals surface area contributed by atoms with Gasteiger partial charge in [0, 0.05) is 25.2 Å². The highest BCUT2D eigenvalue weighted by Crippen LogP contribution is 2.20. The Morgan fingerprint density at radius 1 is 1.50 bits per heavy atom. The van der Waals surface area contributed by atoms with Gasteiger partial charge < -0.3 is 11.1 Å². The van der Waals surface area contributed by atoms with E-state index in [-0.39, 0.29) is 17.4 Å². The third-order valence-electron chi connectivity index (χ3n) is 2.46. The van der Waals surface area contributed by atoms with E-state index in [2.05, 4.69) is 36.4 Å². The molecule has 0 bridgehead atoms. The number of nitrogens with two attached hydrogens (primary N) is 1. The van der Waals surface area contributed by atoms with Gasteiger partial charge in [-0.05, 0) is 11.8 Å². The summed E-state index contributed by atoms with van der Waals surface area (Å²) in [5.41, 5.74) is 6.09. The van der Waals surface area contributed by atoms with Crippen LogP contribution in [0.5, 0.6) is 0 Å². The number of nitrogens with one attached hydrogen (secondary N) is 1. The molecule has 1 unspecified atom stereocenters. The molecule has 0 aliphatic rings. The van der Waals surface area contributed by atoms with Gasteiger partial charge >= 0.3 is 0 Å². The van der Waals surface area contributed by atoms with Crippen LogP contribution < -0.4 is 11.1 Å². The van der Waals surface area contributed by atoms with Gasteiger partial charge in [0.15, 0.2) is 0 Å². The lowest BCUT2D eigenvalue weighted by molar-refractivity contribution is -0.121. The Morgan fingerprint density at radius 3 is 2.78 bits per heavy atom. The van der Waals surface area contributed by atoms with Crippen LogP contribution in [0.2, 0.25) is 0 Å². The molecule has 0 fully saturated rings. The summed E-state index contributed by atoms with van der Waals surface area (Å²) in [6, 6.07) is -0.0867. The van der Waals surface area contributed by atoms with Crippen LogP contribution in [0.4, 0.5) is 0 Å². The van der Waals surface area contributed by atoms with Crippen LogP contribution in [0.3, 0.4) is 0 Å². The van der Waals surface area contributed by atoms with Gasteiger partial charge in [0.25, 0.3) is 0 Å². The minimum atomic E-state index is -0.0867. The molecule has 6 nitrogen and oxygen atoms in total. The molecule has 1 aromatic rings. The van der Waals surface area contributed by atoms with E-state index in [0.29, 0.717) is 19.5 Å². The number of carbonyl (C=O) groups is 1. The van der Waals surface area contributed by atoms with Crippen LogP contribution in [0.25, 0.3) is 0 Å². The molecule has 0 spiro atoms. The van der Waals surface area contributed by atoms with E-state index in [4.69, 9.17) is 5.73 Å². The van der Waals surface area contributed by atoms with Crippen molar-refractivity contribution in [3.8, 4) is 0 Å². The van der Waals surface area contributed by atoms with Crippen molar-refractivity contribution in [2.75, 3.05) is 6.54 Å². The Hall–Kier alpha value is -1.43. The number of amides is 1. The molecule has 18 heavy (non-hydrogen) atoms. The van der Waals surface area contributed by atoms with Crippen molar-refractivity contribution < 1.29 is 4.79 Å². The van der Waals surface area contributed by atoms with Crippen molar-refractivity contribution in [3.63, 3.8) is 0 Å². The van der Waals surface area contributed by atoms with E-state index in [1.165, 1.54) is 0 Å². The Balaban J connectivity index is 2.17. The fraction of sp³-hybridized carbons (Fsp3) is 0.750. The number of hydrogen-bond donors (Lipinski definition) is 2. The van der Waals surface area contributed by atoms with Gasteiger partial charge in [-0.2, -0.15) is 0 Å². The fourth-order valence-electron chi connectivity index (χ4n) is 1.83. The lowest BCUT2D eigenvalue weighted by Crippen LogP contribution is -2.35. The minimum absolute atomic E-state index is 0.00753. The lowest BCUT2D eigenvalue weighted by atomic mass is 9.87. The molecule has 3 N–H and O–H groups in total. The smallest absolute Gasteiger partial charge is 0.221 e. The van der Waals surface area contributed by atoms with Gasteiger partial charge in [0.1, 0.15) is 0 Å². The molecule has 1 atom stereocenters. The quantitative estimate of drug-likeness (QED) is 0.775. The highest BCUT2D eigenvalue weighted by molar-refractivity contribution is 5.76. The van der Waals surface area contributed by atoms with Crippen molar-refractivity contribution in [1.82, 2.24) is 20.3 Å². The van der Waals surface area contributed by atoms with Gasteiger partial charge in [-0.3, -0.25) is 9.48 Å². The summed E-state index contributed by atoms with van der Waals surface area (Å²) in [4.78, 5) is 11.6. The van der Waals surface area contributed by atoms with Crippen molar-refractivity contribution in [3.05, 3.63) is 12.4 Å². The van der Waals surface area contributed by atoms with Crippen LogP contribution in [-0.4, -0.2) is 33.5 Å². The van der Waals surface area contributed by atoms with E-state index >= 15 is 0 Å². The average molecular weight is 253 g/mol. The number of aromatic nitrogens is 3. The van der Waals surface area contributed by atoms with Crippen molar-refractivity contribution in [2.45, 2.75) is 46.2 Å². The van der Waals surface area contributed by atoms with Crippen LogP contribution in [0.15, 0.2) is 12.4 Å². The highest BCUT2D eigenvalue weighted by Gasteiger charge is 2.17. The standard InChI is InChI=1S/C12H23N5O/c1-12(2,3)9-10(13)8-11(18)14-4-6-17-7-5-15-16-17/h5,7,10H,4,6,8-9,13H2,1-3H3,(H,14,18). The Labute approximate surface area is 108 Å². The normalized spacial score (nSPS) is 13.3. The van der Waals surface area contributed by atoms with E-state index in [1.807, 2.05) is 0 Å². The maximum atomic E-state index is 11.6. The number of nitrogens with zero attached hydrogens (tertiary/aromatic N) is 3. The van der Waals surface area contributed by atoms with Crippen LogP contribution in [0.1, 0.15) is 33.6 Å². The van der Waals surface area contributed by atoms with E-state index < -0.39 is 0 Å². The summed E-state index contributed by atoms with van der Waals surface area (Å²) >= 11 is 0. The molecule has 0 aliphatic heterocycles. The zero-order valence-electron chi connectivity index (χ0n) is 11.4. The molecular formula is C12H23N5O. The molecule has 1 amide bonds. The van der Waals surface area contributed by atoms with E-state index in [1.54, 1.807) is 17.1 Å². The van der Waals surface area contributed by atoms with Crippen LogP contribution in [-0.2, 0) is 11.3 Å². The van der Waals surface area contributed by atoms with Crippen LogP contribution >= 0.6 is 0 Å². The minimum Gasteiger partial charge on any atom is -0.354 e. The lowest BCUT2D eigenvalue weighted by Gasteiger charge is -2.22. The first kappa shape index (κ1) is 14.6. The summed E-state index contributed by atoms with van der Waals surface area (Å²) in [6.45, 7) is 7.53. The van der Waals surface area contributed by atoms with Gasteiger partial charge in [-0.25, -0.2) is 0 Å². The van der Waals surface area contributed by atoms with Crippen LogP contribution in [0, 0.1) is 5.41 Å². The molecule has 6 heteroatoms. The maximum Gasteiger partial charge on any atom is 0.221 e. The first-order chi connectivity index (χ1) is 8.37. The summed E-state index contributed by atoms with van der Waals surface area (Å²) < 4.78 is 1.68. The topological polar surface area (TPSA) is 85.8 Å². The van der Waals surface area contributed by atoms with Crippen molar-refractivity contribution in [1.29, 1.82) is 0 Å². The van der Waals surface area contributed by atoms with E-state index in [9.17, 15) is 4.79 Å². The molecular weight excluding hydrogens is 230 g/mol. The number of hydrogen-bond acceptors (Lipinski definition) is 4. The zero-order chi connectivity index (χ0) is 13.6. The van der Waals surface area contributed by atoms with Gasteiger partial charge in [-0.1, -0.05) is 26.0 Å². The highest BCUT2D eigenvalue weighted by atomic mass is 16.1. The first-order valence-electron chi connectivity index (χ1n) is 6.23. The summed E-state index contributed by atoms with van der Waals surface area (Å²) in [7, 11) is 0. The molecule has 0 aromatic carbocycles. The molecule has 1 rings (SSSR count). The van der Waals surface area contributed by atoms with E-state index in [0.717, 1.165) is 6.42 Å². The third kappa shape index (κ3) is 6.34. The molecule has 102 valence electrons. The molecule has 0 saturated carbocycles. The second-order valence-electron chi connectivity index (χ2n) is 5.75. The van der Waals surface area contributed by atoms with Crippen molar-refractivity contribution in [2.24, 2.45) is 11.1 Å². The summed E-state index contributed by atoms with van der Waals surface area (Å²) in [5, 5.41) is 10.3. The molecule has 1 heterocycles. The summed E-state index contributed by atoms with van der Waals surface area (Å²) in [5.74, 6) is -0.00753. The summed E-state index contributed by atoms with van der Waals surface area (Å²) in [6.07, 6.45) is 4.58. The predicted octanol–water partition coefficient (Wildman–Crippen LogP) is 0.548. The fourth-order valence-corrected chi connectivity index (χ4v) is 1.83. The average Bonchev–Trinajstić information content (AvgIpc) is 2.66. The SMILES string of the molecule is CC(C)(C)CC(N)CC(=O)NCCn1ccnn1. The molecule has 0 radical (unpaired) electrons. The number of rotatable bonds is 6. The first-order valence-corrected chi connectivity index (χ1v) is 6.23. The maximum absolute atomic E-state index is 11.6. The van der Waals surface area contributed by atoms with Gasteiger partial charge in [0.05, 0.1) is 12.7 Å².